The summed E-state index contributed by atoms with van der Waals surface area (Å²) < 4.78 is 5.55. The van der Waals surface area contributed by atoms with E-state index in [9.17, 15) is 0 Å². The van der Waals surface area contributed by atoms with E-state index in [0.717, 1.165) is 18.7 Å². The number of hydrogen-bond acceptors (Lipinski definition) is 3. The van der Waals surface area contributed by atoms with E-state index in [0.29, 0.717) is 19.1 Å². The highest BCUT2D eigenvalue weighted by Gasteiger charge is 2.04. The van der Waals surface area contributed by atoms with Crippen molar-refractivity contribution in [2.24, 2.45) is 0 Å². The average molecular weight is 251 g/mol. The summed E-state index contributed by atoms with van der Waals surface area (Å²) >= 11 is 0. The molecular formula is C15H25NO2. The van der Waals surface area contributed by atoms with Gasteiger partial charge < -0.3 is 15.2 Å². The Morgan fingerprint density at radius 1 is 1.22 bits per heavy atom. The number of aliphatic hydroxyl groups is 1. The number of hydrogen-bond donors (Lipinski definition) is 2. The normalized spacial score (nSPS) is 14.2. The molecule has 1 aromatic carbocycles. The van der Waals surface area contributed by atoms with Crippen LogP contribution in [0.25, 0.3) is 0 Å². The summed E-state index contributed by atoms with van der Waals surface area (Å²) in [6.07, 6.45) is 1.50. The van der Waals surface area contributed by atoms with Crippen LogP contribution < -0.4 is 10.1 Å². The van der Waals surface area contributed by atoms with Crippen LogP contribution in [-0.2, 0) is 0 Å². The summed E-state index contributed by atoms with van der Waals surface area (Å²) in [6.45, 7) is 7.69. The smallest absolute Gasteiger partial charge is 0.119 e. The Morgan fingerprint density at radius 3 is 2.44 bits per heavy atom. The van der Waals surface area contributed by atoms with E-state index < -0.39 is 0 Å². The van der Waals surface area contributed by atoms with Gasteiger partial charge in [-0.05, 0) is 44.5 Å². The highest BCUT2D eigenvalue weighted by Crippen LogP contribution is 2.17. The molecule has 18 heavy (non-hydrogen) atoms. The number of ether oxygens (including phenoxy) is 1. The lowest BCUT2D eigenvalue weighted by atomic mass is 10.1. The molecule has 2 atom stereocenters. The van der Waals surface area contributed by atoms with Gasteiger partial charge in [0.15, 0.2) is 0 Å². The molecule has 0 aliphatic rings. The minimum atomic E-state index is -0.303. The second-order valence-corrected chi connectivity index (χ2v) is 4.73. The molecule has 1 aromatic rings. The van der Waals surface area contributed by atoms with E-state index in [4.69, 9.17) is 9.84 Å². The molecule has 0 fully saturated rings. The average Bonchev–Trinajstić information content (AvgIpc) is 2.36. The second kappa shape index (κ2) is 8.11. The van der Waals surface area contributed by atoms with Crippen LogP contribution in [0.4, 0.5) is 0 Å². The molecule has 3 nitrogen and oxygen atoms in total. The van der Waals surface area contributed by atoms with E-state index in [1.807, 2.05) is 12.1 Å². The summed E-state index contributed by atoms with van der Waals surface area (Å²) in [6, 6.07) is 8.52. The van der Waals surface area contributed by atoms with Gasteiger partial charge in [0.25, 0.3) is 0 Å². The molecule has 0 aliphatic carbocycles. The van der Waals surface area contributed by atoms with Crippen LogP contribution in [0.5, 0.6) is 5.75 Å². The minimum Gasteiger partial charge on any atom is -0.493 e. The van der Waals surface area contributed by atoms with E-state index in [-0.39, 0.29) is 6.10 Å². The second-order valence-electron chi connectivity index (χ2n) is 4.73. The largest absolute Gasteiger partial charge is 0.493 e. The zero-order valence-corrected chi connectivity index (χ0v) is 11.6. The molecule has 0 saturated carbocycles. The zero-order chi connectivity index (χ0) is 13.4. The standard InChI is InChI=1S/C15H25NO2/c1-4-10-16-13(3)14-5-7-15(8-6-14)18-11-9-12(2)17/h5-8,12-13,16-17H,4,9-11H2,1-3H3. The summed E-state index contributed by atoms with van der Waals surface area (Å²) in [4.78, 5) is 0. The molecule has 0 amide bonds. The van der Waals surface area contributed by atoms with Gasteiger partial charge in [0, 0.05) is 12.5 Å². The Hall–Kier alpha value is -1.06. The predicted octanol–water partition coefficient (Wildman–Crippen LogP) is 2.90. The topological polar surface area (TPSA) is 41.5 Å². The molecule has 0 bridgehead atoms. The first-order valence-corrected chi connectivity index (χ1v) is 6.77. The fourth-order valence-electron chi connectivity index (χ4n) is 1.68. The number of rotatable bonds is 8. The van der Waals surface area contributed by atoms with Crippen molar-refractivity contribution in [2.75, 3.05) is 13.2 Å². The molecule has 0 spiro atoms. The van der Waals surface area contributed by atoms with Gasteiger partial charge in [-0.25, -0.2) is 0 Å². The lowest BCUT2D eigenvalue weighted by molar-refractivity contribution is 0.155. The maximum atomic E-state index is 9.14. The van der Waals surface area contributed by atoms with E-state index >= 15 is 0 Å². The third-order valence-electron chi connectivity index (χ3n) is 2.88. The van der Waals surface area contributed by atoms with Crippen LogP contribution in [0, 0.1) is 0 Å². The number of benzene rings is 1. The minimum absolute atomic E-state index is 0.303. The van der Waals surface area contributed by atoms with Crippen LogP contribution in [0.2, 0.25) is 0 Å². The van der Waals surface area contributed by atoms with Crippen molar-refractivity contribution in [3.63, 3.8) is 0 Å². The molecule has 0 radical (unpaired) electrons. The lowest BCUT2D eigenvalue weighted by Crippen LogP contribution is -2.19. The van der Waals surface area contributed by atoms with Crippen LogP contribution >= 0.6 is 0 Å². The predicted molar refractivity (Wildman–Crippen MR) is 74.9 cm³/mol. The van der Waals surface area contributed by atoms with Crippen LogP contribution in [0.1, 0.15) is 45.2 Å². The van der Waals surface area contributed by atoms with Crippen molar-refractivity contribution in [1.29, 1.82) is 0 Å². The Labute approximate surface area is 110 Å². The molecular weight excluding hydrogens is 226 g/mol. The quantitative estimate of drug-likeness (QED) is 0.746. The summed E-state index contributed by atoms with van der Waals surface area (Å²) in [5.41, 5.74) is 1.27. The monoisotopic (exact) mass is 251 g/mol. The van der Waals surface area contributed by atoms with Gasteiger partial charge in [-0.1, -0.05) is 19.1 Å². The molecule has 2 N–H and O–H groups in total. The van der Waals surface area contributed by atoms with Crippen LogP contribution in [-0.4, -0.2) is 24.4 Å². The number of nitrogens with one attached hydrogen (secondary N) is 1. The van der Waals surface area contributed by atoms with Crippen molar-refractivity contribution in [3.05, 3.63) is 29.8 Å². The Kier molecular flexibility index (Phi) is 6.76. The molecule has 0 aromatic heterocycles. The first-order valence-electron chi connectivity index (χ1n) is 6.77. The van der Waals surface area contributed by atoms with E-state index in [2.05, 4.69) is 31.3 Å². The molecule has 102 valence electrons. The van der Waals surface area contributed by atoms with Gasteiger partial charge in [-0.15, -0.1) is 0 Å². The van der Waals surface area contributed by atoms with Gasteiger partial charge in [-0.2, -0.15) is 0 Å². The van der Waals surface area contributed by atoms with Crippen molar-refractivity contribution in [1.82, 2.24) is 5.32 Å². The fraction of sp³-hybridized carbons (Fsp3) is 0.600. The summed E-state index contributed by atoms with van der Waals surface area (Å²) in [5.74, 6) is 0.863. The third-order valence-corrected chi connectivity index (χ3v) is 2.88. The zero-order valence-electron chi connectivity index (χ0n) is 11.6. The van der Waals surface area contributed by atoms with Crippen molar-refractivity contribution in [2.45, 2.75) is 45.8 Å². The number of aliphatic hydroxyl groups excluding tert-OH is 1. The first-order chi connectivity index (χ1) is 8.63. The van der Waals surface area contributed by atoms with Crippen LogP contribution in [0.3, 0.4) is 0 Å². The lowest BCUT2D eigenvalue weighted by Gasteiger charge is -2.14. The first kappa shape index (κ1) is 15.0. The maximum absolute atomic E-state index is 9.14. The molecule has 0 aliphatic heterocycles. The summed E-state index contributed by atoms with van der Waals surface area (Å²) in [5, 5.41) is 12.6. The molecule has 2 unspecified atom stereocenters. The SMILES string of the molecule is CCCNC(C)c1ccc(OCCC(C)O)cc1. The van der Waals surface area contributed by atoms with Gasteiger partial charge >= 0.3 is 0 Å². The van der Waals surface area contributed by atoms with Crippen molar-refractivity contribution < 1.29 is 9.84 Å². The maximum Gasteiger partial charge on any atom is 0.119 e. The van der Waals surface area contributed by atoms with Gasteiger partial charge in [0.05, 0.1) is 12.7 Å². The third kappa shape index (κ3) is 5.52. The van der Waals surface area contributed by atoms with Gasteiger partial charge in [0.2, 0.25) is 0 Å². The van der Waals surface area contributed by atoms with Gasteiger partial charge in [-0.3, -0.25) is 0 Å². The van der Waals surface area contributed by atoms with E-state index in [1.54, 1.807) is 6.92 Å². The molecule has 3 heteroatoms. The molecule has 0 saturated heterocycles. The van der Waals surface area contributed by atoms with Crippen molar-refractivity contribution >= 4 is 0 Å². The van der Waals surface area contributed by atoms with Gasteiger partial charge in [0.1, 0.15) is 5.75 Å². The highest BCUT2D eigenvalue weighted by molar-refractivity contribution is 5.28. The fourth-order valence-corrected chi connectivity index (χ4v) is 1.68. The van der Waals surface area contributed by atoms with E-state index in [1.165, 1.54) is 5.56 Å². The van der Waals surface area contributed by atoms with Crippen LogP contribution in [0.15, 0.2) is 24.3 Å². The highest BCUT2D eigenvalue weighted by atomic mass is 16.5. The Morgan fingerprint density at radius 2 is 1.89 bits per heavy atom. The Bertz CT molecular complexity index is 322. The summed E-state index contributed by atoms with van der Waals surface area (Å²) in [7, 11) is 0. The molecule has 0 heterocycles. The molecule has 1 rings (SSSR count). The Balaban J connectivity index is 2.41. The van der Waals surface area contributed by atoms with Crippen molar-refractivity contribution in [3.8, 4) is 5.75 Å².